The lowest BCUT2D eigenvalue weighted by atomic mass is 10.1. The van der Waals surface area contributed by atoms with Crippen molar-refractivity contribution in [3.63, 3.8) is 0 Å². The first-order valence-corrected chi connectivity index (χ1v) is 4.77. The first-order chi connectivity index (χ1) is 7.66. The number of carbonyl (C=O) groups is 1. The molecule has 1 amide bonds. The van der Waals surface area contributed by atoms with Crippen molar-refractivity contribution in [2.24, 2.45) is 0 Å². The number of aromatic amines is 1. The molecule has 2 rings (SSSR count). The molecule has 0 aliphatic rings. The second-order valence-electron chi connectivity index (χ2n) is 3.41. The highest BCUT2D eigenvalue weighted by atomic mass is 16.3. The molecule has 0 unspecified atom stereocenters. The van der Waals surface area contributed by atoms with E-state index in [9.17, 15) is 9.90 Å². The summed E-state index contributed by atoms with van der Waals surface area (Å²) in [4.78, 5) is 18.4. The van der Waals surface area contributed by atoms with E-state index in [-0.39, 0.29) is 11.3 Å². The Morgan fingerprint density at radius 3 is 3.00 bits per heavy atom. The zero-order valence-electron chi connectivity index (χ0n) is 8.69. The molecule has 0 radical (unpaired) electrons. The van der Waals surface area contributed by atoms with Crippen LogP contribution in [-0.4, -0.2) is 21.0 Å². The van der Waals surface area contributed by atoms with Gasteiger partial charge in [-0.3, -0.25) is 10.1 Å². The first-order valence-electron chi connectivity index (χ1n) is 4.77. The molecule has 0 spiro atoms. The van der Waals surface area contributed by atoms with Gasteiger partial charge in [-0.05, 0) is 19.1 Å². The molecule has 82 valence electrons. The van der Waals surface area contributed by atoms with Crippen molar-refractivity contribution in [2.75, 3.05) is 5.32 Å². The van der Waals surface area contributed by atoms with Crippen molar-refractivity contribution in [2.45, 2.75) is 6.92 Å². The molecule has 2 aromatic rings. The zero-order valence-corrected chi connectivity index (χ0v) is 8.69. The van der Waals surface area contributed by atoms with E-state index in [1.54, 1.807) is 18.3 Å². The third-order valence-electron chi connectivity index (χ3n) is 2.13. The largest absolute Gasteiger partial charge is 0.507 e. The average Bonchev–Trinajstić information content (AvgIpc) is 2.74. The second-order valence-corrected chi connectivity index (χ2v) is 3.41. The topological polar surface area (TPSA) is 78.0 Å². The fourth-order valence-corrected chi connectivity index (χ4v) is 1.34. The lowest BCUT2D eigenvalue weighted by molar-refractivity contribution is 0.102. The maximum Gasteiger partial charge on any atom is 0.261 e. The zero-order chi connectivity index (χ0) is 11.5. The maximum absolute atomic E-state index is 11.8. The van der Waals surface area contributed by atoms with Crippen molar-refractivity contribution in [1.29, 1.82) is 0 Å². The number of hydrogen-bond donors (Lipinski definition) is 3. The summed E-state index contributed by atoms with van der Waals surface area (Å²) in [5.74, 6) is -0.0864. The molecule has 0 fully saturated rings. The van der Waals surface area contributed by atoms with Gasteiger partial charge in [0.15, 0.2) is 0 Å². The molecule has 0 aliphatic heterocycles. The van der Waals surface area contributed by atoms with Gasteiger partial charge in [-0.2, -0.15) is 0 Å². The molecule has 0 aliphatic carbocycles. The van der Waals surface area contributed by atoms with Crippen molar-refractivity contribution in [3.8, 4) is 5.75 Å². The van der Waals surface area contributed by atoms with Crippen LogP contribution >= 0.6 is 0 Å². The summed E-state index contributed by atoms with van der Waals surface area (Å²) in [6.45, 7) is 1.85. The molecule has 0 saturated heterocycles. The van der Waals surface area contributed by atoms with E-state index in [0.29, 0.717) is 5.95 Å². The molecule has 5 nitrogen and oxygen atoms in total. The SMILES string of the molecule is Cc1ccc(O)c(C(=O)Nc2ncc[nH]2)c1. The predicted molar refractivity (Wildman–Crippen MR) is 59.4 cm³/mol. The fourth-order valence-electron chi connectivity index (χ4n) is 1.34. The maximum atomic E-state index is 11.8. The van der Waals surface area contributed by atoms with Gasteiger partial charge in [-0.15, -0.1) is 0 Å². The number of phenolic OH excluding ortho intramolecular Hbond substituents is 1. The number of nitrogens with one attached hydrogen (secondary N) is 2. The Hall–Kier alpha value is -2.30. The van der Waals surface area contributed by atoms with E-state index in [4.69, 9.17) is 0 Å². The molecular weight excluding hydrogens is 206 g/mol. The van der Waals surface area contributed by atoms with E-state index in [2.05, 4.69) is 15.3 Å². The van der Waals surface area contributed by atoms with Crippen LogP contribution in [0.1, 0.15) is 15.9 Å². The molecule has 16 heavy (non-hydrogen) atoms. The minimum Gasteiger partial charge on any atom is -0.507 e. The smallest absolute Gasteiger partial charge is 0.261 e. The monoisotopic (exact) mass is 217 g/mol. The molecule has 1 aromatic heterocycles. The molecule has 3 N–H and O–H groups in total. The van der Waals surface area contributed by atoms with Crippen LogP contribution in [0.5, 0.6) is 5.75 Å². The number of aryl methyl sites for hydroxylation is 1. The van der Waals surface area contributed by atoms with Gasteiger partial charge in [-0.1, -0.05) is 11.6 Å². The van der Waals surface area contributed by atoms with Gasteiger partial charge in [0.2, 0.25) is 5.95 Å². The summed E-state index contributed by atoms with van der Waals surface area (Å²) in [7, 11) is 0. The number of anilines is 1. The molecule has 0 bridgehead atoms. The van der Waals surface area contributed by atoms with E-state index in [0.717, 1.165) is 5.56 Å². The Balaban J connectivity index is 2.24. The second kappa shape index (κ2) is 4.06. The summed E-state index contributed by atoms with van der Waals surface area (Å²) < 4.78 is 0. The van der Waals surface area contributed by atoms with Crippen LogP contribution < -0.4 is 5.32 Å². The van der Waals surface area contributed by atoms with Crippen molar-refractivity contribution >= 4 is 11.9 Å². The Kier molecular flexibility index (Phi) is 2.59. The molecule has 1 aromatic carbocycles. The molecular formula is C11H11N3O2. The van der Waals surface area contributed by atoms with Crippen molar-refractivity contribution in [3.05, 3.63) is 41.7 Å². The Labute approximate surface area is 92.2 Å². The third-order valence-corrected chi connectivity index (χ3v) is 2.13. The van der Waals surface area contributed by atoms with Gasteiger partial charge in [0.1, 0.15) is 5.75 Å². The summed E-state index contributed by atoms with van der Waals surface area (Å²) >= 11 is 0. The highest BCUT2D eigenvalue weighted by Crippen LogP contribution is 2.18. The van der Waals surface area contributed by atoms with Gasteiger partial charge in [0, 0.05) is 12.4 Å². The number of phenols is 1. The van der Waals surface area contributed by atoms with Crippen LogP contribution in [0.3, 0.4) is 0 Å². The highest BCUT2D eigenvalue weighted by molar-refractivity contribution is 6.05. The van der Waals surface area contributed by atoms with Gasteiger partial charge in [0.05, 0.1) is 5.56 Å². The number of carbonyl (C=O) groups excluding carboxylic acids is 1. The standard InChI is InChI=1S/C11H11N3O2/c1-7-2-3-9(15)8(6-7)10(16)14-11-12-4-5-13-11/h2-6,15H,1H3,(H2,12,13,14,16). The van der Waals surface area contributed by atoms with E-state index in [1.807, 2.05) is 6.92 Å². The number of benzene rings is 1. The number of rotatable bonds is 2. The lowest BCUT2D eigenvalue weighted by Crippen LogP contribution is -2.13. The number of aromatic hydroxyl groups is 1. The Bertz CT molecular complexity index is 506. The van der Waals surface area contributed by atoms with Gasteiger partial charge in [0.25, 0.3) is 5.91 Å². The van der Waals surface area contributed by atoms with Crippen molar-refractivity contribution < 1.29 is 9.90 Å². The highest BCUT2D eigenvalue weighted by Gasteiger charge is 2.11. The quantitative estimate of drug-likeness (QED) is 0.716. The minimum atomic E-state index is -0.392. The van der Waals surface area contributed by atoms with Crippen LogP contribution in [0.15, 0.2) is 30.6 Å². The van der Waals surface area contributed by atoms with Gasteiger partial charge < -0.3 is 10.1 Å². The molecule has 0 saturated carbocycles. The summed E-state index contributed by atoms with van der Waals surface area (Å²) in [5, 5.41) is 12.1. The lowest BCUT2D eigenvalue weighted by Gasteiger charge is -2.05. The minimum absolute atomic E-state index is 0.0466. The normalized spacial score (nSPS) is 10.1. The third kappa shape index (κ3) is 2.03. The van der Waals surface area contributed by atoms with Crippen LogP contribution in [0, 0.1) is 6.92 Å². The predicted octanol–water partition coefficient (Wildman–Crippen LogP) is 1.68. The van der Waals surface area contributed by atoms with Gasteiger partial charge in [-0.25, -0.2) is 4.98 Å². The summed E-state index contributed by atoms with van der Waals surface area (Å²) in [6, 6.07) is 4.85. The van der Waals surface area contributed by atoms with E-state index in [1.165, 1.54) is 12.3 Å². The van der Waals surface area contributed by atoms with E-state index < -0.39 is 5.91 Å². The Morgan fingerprint density at radius 1 is 1.50 bits per heavy atom. The van der Waals surface area contributed by atoms with Crippen LogP contribution in [0.25, 0.3) is 0 Å². The molecule has 5 heteroatoms. The molecule has 1 heterocycles. The summed E-state index contributed by atoms with van der Waals surface area (Å²) in [6.07, 6.45) is 3.14. The fraction of sp³-hybridized carbons (Fsp3) is 0.0909. The molecule has 0 atom stereocenters. The first kappa shape index (κ1) is 10.2. The Morgan fingerprint density at radius 2 is 2.31 bits per heavy atom. The number of amides is 1. The van der Waals surface area contributed by atoms with Crippen LogP contribution in [-0.2, 0) is 0 Å². The van der Waals surface area contributed by atoms with Crippen LogP contribution in [0.4, 0.5) is 5.95 Å². The number of nitrogens with zero attached hydrogens (tertiary/aromatic N) is 1. The average molecular weight is 217 g/mol. The summed E-state index contributed by atoms with van der Waals surface area (Å²) in [5.41, 5.74) is 1.14. The van der Waals surface area contributed by atoms with Gasteiger partial charge >= 0.3 is 0 Å². The number of imidazole rings is 1. The number of H-pyrrole nitrogens is 1. The number of hydrogen-bond acceptors (Lipinski definition) is 3. The van der Waals surface area contributed by atoms with Crippen molar-refractivity contribution in [1.82, 2.24) is 9.97 Å². The van der Waals surface area contributed by atoms with Crippen LogP contribution in [0.2, 0.25) is 0 Å². The van der Waals surface area contributed by atoms with E-state index >= 15 is 0 Å². The number of aromatic nitrogens is 2.